The molecule has 1 aromatic carbocycles. The highest BCUT2D eigenvalue weighted by Gasteiger charge is 2.27. The van der Waals surface area contributed by atoms with E-state index in [1.54, 1.807) is 24.0 Å². The number of carbonyl (C=O) groups excluding carboxylic acids is 2. The lowest BCUT2D eigenvalue weighted by atomic mass is 10.2. The molecule has 1 fully saturated rings. The zero-order valence-corrected chi connectivity index (χ0v) is 17.2. The maximum absolute atomic E-state index is 13.0. The Bertz CT molecular complexity index is 767. The Hall–Kier alpha value is -2.37. The minimum Gasteiger partial charge on any atom is -0.340 e. The van der Waals surface area contributed by atoms with Crippen LogP contribution in [-0.2, 0) is 9.59 Å². The Labute approximate surface area is 172 Å². The molecule has 0 bridgehead atoms. The number of amides is 2. The molecule has 1 heterocycles. The zero-order valence-electron chi connectivity index (χ0n) is 16.5. The van der Waals surface area contributed by atoms with Gasteiger partial charge in [0.1, 0.15) is 6.54 Å². The maximum atomic E-state index is 13.0. The van der Waals surface area contributed by atoms with Crippen molar-refractivity contribution in [2.45, 2.75) is 32.7 Å². The first kappa shape index (κ1) is 21.9. The van der Waals surface area contributed by atoms with E-state index in [0.717, 1.165) is 12.0 Å². The van der Waals surface area contributed by atoms with E-state index in [1.807, 2.05) is 43.3 Å². The van der Waals surface area contributed by atoms with Gasteiger partial charge in [-0.25, -0.2) is 0 Å². The Balaban J connectivity index is 2.25. The van der Waals surface area contributed by atoms with E-state index in [0.29, 0.717) is 30.2 Å². The standard InChI is InChI=1S/C22H28ClN3O2/c1-3-7-20(14-17(2)23)26(16-22(28)25-13-12-19(24)15-25)21(27)11-10-18-8-5-4-6-9-18/h4-11,14,19H,3,12-13,15-16,24H2,1-2H3/b11-10-,17-14+,20-7+. The summed E-state index contributed by atoms with van der Waals surface area (Å²) in [6, 6.07) is 9.56. The van der Waals surface area contributed by atoms with Gasteiger partial charge in [-0.1, -0.05) is 54.9 Å². The van der Waals surface area contributed by atoms with Gasteiger partial charge in [-0.2, -0.15) is 0 Å². The van der Waals surface area contributed by atoms with Crippen molar-refractivity contribution in [3.63, 3.8) is 0 Å². The normalized spacial score (nSPS) is 18.0. The molecule has 0 radical (unpaired) electrons. The number of hydrogen-bond acceptors (Lipinski definition) is 3. The highest BCUT2D eigenvalue weighted by molar-refractivity contribution is 6.29. The largest absolute Gasteiger partial charge is 0.340 e. The molecular formula is C22H28ClN3O2. The molecule has 0 saturated carbocycles. The zero-order chi connectivity index (χ0) is 20.5. The number of benzene rings is 1. The summed E-state index contributed by atoms with van der Waals surface area (Å²) >= 11 is 6.07. The van der Waals surface area contributed by atoms with Gasteiger partial charge in [0.05, 0.1) is 0 Å². The molecule has 150 valence electrons. The van der Waals surface area contributed by atoms with Crippen molar-refractivity contribution < 1.29 is 9.59 Å². The number of hydrogen-bond donors (Lipinski definition) is 1. The molecule has 1 aromatic rings. The van der Waals surface area contributed by atoms with E-state index in [4.69, 9.17) is 17.3 Å². The monoisotopic (exact) mass is 401 g/mol. The molecular weight excluding hydrogens is 374 g/mol. The predicted octanol–water partition coefficient (Wildman–Crippen LogP) is 3.52. The van der Waals surface area contributed by atoms with Crippen LogP contribution in [0.2, 0.25) is 0 Å². The SMILES string of the molecule is CC/C=C(\C=C(/C)Cl)N(CC(=O)N1CCC(N)C1)C(=O)/C=C\c1ccccc1. The fourth-order valence-electron chi connectivity index (χ4n) is 3.03. The molecule has 28 heavy (non-hydrogen) atoms. The topological polar surface area (TPSA) is 66.6 Å². The summed E-state index contributed by atoms with van der Waals surface area (Å²) in [4.78, 5) is 28.9. The molecule has 5 nitrogen and oxygen atoms in total. The van der Waals surface area contributed by atoms with Crippen molar-refractivity contribution >= 4 is 29.5 Å². The number of nitrogens with two attached hydrogens (primary N) is 1. The van der Waals surface area contributed by atoms with Crippen LogP contribution in [0, 0.1) is 0 Å². The van der Waals surface area contributed by atoms with Gasteiger partial charge in [0.15, 0.2) is 0 Å². The first-order chi connectivity index (χ1) is 13.4. The van der Waals surface area contributed by atoms with E-state index in [9.17, 15) is 9.59 Å². The van der Waals surface area contributed by atoms with Gasteiger partial charge < -0.3 is 10.6 Å². The Morgan fingerprint density at radius 3 is 2.61 bits per heavy atom. The van der Waals surface area contributed by atoms with Crippen molar-refractivity contribution in [2.24, 2.45) is 5.73 Å². The minimum absolute atomic E-state index is 0.00159. The Kier molecular flexibility index (Phi) is 8.48. The van der Waals surface area contributed by atoms with Crippen molar-refractivity contribution in [3.05, 3.63) is 64.9 Å². The second-order valence-electron chi connectivity index (χ2n) is 6.83. The summed E-state index contributed by atoms with van der Waals surface area (Å²) < 4.78 is 0. The molecule has 1 aliphatic rings. The van der Waals surface area contributed by atoms with Crippen molar-refractivity contribution in [1.29, 1.82) is 0 Å². The predicted molar refractivity (Wildman–Crippen MR) is 114 cm³/mol. The van der Waals surface area contributed by atoms with Gasteiger partial charge in [0, 0.05) is 35.9 Å². The quantitative estimate of drug-likeness (QED) is 0.561. The van der Waals surface area contributed by atoms with Crippen LogP contribution in [0.15, 0.2) is 59.3 Å². The average Bonchev–Trinajstić information content (AvgIpc) is 3.11. The molecule has 0 spiro atoms. The molecule has 2 N–H and O–H groups in total. The van der Waals surface area contributed by atoms with E-state index < -0.39 is 0 Å². The molecule has 1 atom stereocenters. The molecule has 2 rings (SSSR count). The smallest absolute Gasteiger partial charge is 0.251 e. The Morgan fingerprint density at radius 1 is 1.32 bits per heavy atom. The maximum Gasteiger partial charge on any atom is 0.251 e. The number of halogens is 1. The summed E-state index contributed by atoms with van der Waals surface area (Å²) in [5.41, 5.74) is 7.45. The van der Waals surface area contributed by atoms with Crippen LogP contribution in [0.1, 0.15) is 32.3 Å². The number of nitrogens with zero attached hydrogens (tertiary/aromatic N) is 2. The molecule has 6 heteroatoms. The van der Waals surface area contributed by atoms with Crippen LogP contribution >= 0.6 is 11.6 Å². The third-order valence-electron chi connectivity index (χ3n) is 4.43. The minimum atomic E-state index is -0.269. The summed E-state index contributed by atoms with van der Waals surface area (Å²) in [7, 11) is 0. The van der Waals surface area contributed by atoms with Crippen molar-refractivity contribution in [3.8, 4) is 0 Å². The third-order valence-corrected chi connectivity index (χ3v) is 4.54. The average molecular weight is 402 g/mol. The van der Waals surface area contributed by atoms with Crippen molar-refractivity contribution in [2.75, 3.05) is 19.6 Å². The van der Waals surface area contributed by atoms with E-state index in [-0.39, 0.29) is 24.4 Å². The fourth-order valence-corrected chi connectivity index (χ4v) is 3.14. The van der Waals surface area contributed by atoms with E-state index in [1.165, 1.54) is 11.0 Å². The number of allylic oxidation sites excluding steroid dienone is 3. The fraction of sp³-hybridized carbons (Fsp3) is 0.364. The lowest BCUT2D eigenvalue weighted by Gasteiger charge is -2.25. The van der Waals surface area contributed by atoms with Crippen LogP contribution in [0.3, 0.4) is 0 Å². The molecule has 2 amide bonds. The molecule has 1 aliphatic heterocycles. The van der Waals surface area contributed by atoms with E-state index in [2.05, 4.69) is 0 Å². The lowest BCUT2D eigenvalue weighted by molar-refractivity contribution is -0.136. The Morgan fingerprint density at radius 2 is 2.04 bits per heavy atom. The van der Waals surface area contributed by atoms with Crippen molar-refractivity contribution in [1.82, 2.24) is 9.80 Å². The molecule has 0 aromatic heterocycles. The first-order valence-corrected chi connectivity index (χ1v) is 9.90. The molecule has 0 aliphatic carbocycles. The van der Waals surface area contributed by atoms with Crippen LogP contribution in [0.4, 0.5) is 0 Å². The van der Waals surface area contributed by atoms with Gasteiger partial charge >= 0.3 is 0 Å². The van der Waals surface area contributed by atoms with Gasteiger partial charge in [-0.3, -0.25) is 14.5 Å². The second kappa shape index (κ2) is 10.8. The lowest BCUT2D eigenvalue weighted by Crippen LogP contribution is -2.41. The third kappa shape index (κ3) is 6.66. The van der Waals surface area contributed by atoms with Gasteiger partial charge in [0.25, 0.3) is 5.91 Å². The van der Waals surface area contributed by atoms with Gasteiger partial charge in [-0.05, 0) is 37.5 Å². The highest BCUT2D eigenvalue weighted by Crippen LogP contribution is 2.16. The number of rotatable bonds is 7. The van der Waals surface area contributed by atoms with Crippen LogP contribution in [0.25, 0.3) is 6.08 Å². The highest BCUT2D eigenvalue weighted by atomic mass is 35.5. The summed E-state index contributed by atoms with van der Waals surface area (Å²) in [6.45, 7) is 4.82. The summed E-state index contributed by atoms with van der Waals surface area (Å²) in [5.74, 6) is -0.383. The summed E-state index contributed by atoms with van der Waals surface area (Å²) in [6.07, 6.45) is 8.33. The van der Waals surface area contributed by atoms with Crippen LogP contribution < -0.4 is 5.73 Å². The molecule has 1 unspecified atom stereocenters. The number of carbonyl (C=O) groups is 2. The van der Waals surface area contributed by atoms with Crippen LogP contribution in [-0.4, -0.2) is 47.3 Å². The molecule has 1 saturated heterocycles. The number of likely N-dealkylation sites (tertiary alicyclic amines) is 1. The van der Waals surface area contributed by atoms with Gasteiger partial charge in [-0.15, -0.1) is 0 Å². The van der Waals surface area contributed by atoms with Gasteiger partial charge in [0.2, 0.25) is 5.91 Å². The van der Waals surface area contributed by atoms with E-state index >= 15 is 0 Å². The first-order valence-electron chi connectivity index (χ1n) is 9.52. The second-order valence-corrected chi connectivity index (χ2v) is 7.42. The summed E-state index contributed by atoms with van der Waals surface area (Å²) in [5, 5.41) is 0.542. The van der Waals surface area contributed by atoms with Crippen LogP contribution in [0.5, 0.6) is 0 Å².